The molecule has 7 heteroatoms. The van der Waals surface area contributed by atoms with Gasteiger partial charge in [-0.25, -0.2) is 4.39 Å². The quantitative estimate of drug-likeness (QED) is 0.882. The fourth-order valence-corrected chi connectivity index (χ4v) is 3.37. The number of amides is 2. The number of carbonyl (C=O) groups excluding carboxylic acids is 2. The van der Waals surface area contributed by atoms with Gasteiger partial charge in [0, 0.05) is 36.8 Å². The summed E-state index contributed by atoms with van der Waals surface area (Å²) in [4.78, 5) is 26.5. The van der Waals surface area contributed by atoms with E-state index in [9.17, 15) is 14.0 Å². The smallest absolute Gasteiger partial charge is 0.229 e. The highest BCUT2D eigenvalue weighted by molar-refractivity contribution is 6.03. The summed E-state index contributed by atoms with van der Waals surface area (Å²) in [7, 11) is 0. The van der Waals surface area contributed by atoms with Gasteiger partial charge >= 0.3 is 0 Å². The first-order valence-electron chi connectivity index (χ1n) is 9.28. The van der Waals surface area contributed by atoms with Gasteiger partial charge in [-0.15, -0.1) is 0 Å². The van der Waals surface area contributed by atoms with E-state index in [0.717, 1.165) is 6.42 Å². The van der Waals surface area contributed by atoms with Crippen LogP contribution in [0, 0.1) is 18.7 Å². The lowest BCUT2D eigenvalue weighted by Crippen LogP contribution is -2.28. The third-order valence-corrected chi connectivity index (χ3v) is 4.98. The SMILES string of the molecule is Cc1ccc(N2C[C@@H](C(=O)Nc3ccc4c(c3)OCCCO4)CC2=O)cc1F. The number of hydrogen-bond donors (Lipinski definition) is 1. The second kappa shape index (κ2) is 7.50. The first-order valence-corrected chi connectivity index (χ1v) is 9.28. The molecule has 4 rings (SSSR count). The maximum Gasteiger partial charge on any atom is 0.229 e. The summed E-state index contributed by atoms with van der Waals surface area (Å²) in [6.45, 7) is 3.04. The van der Waals surface area contributed by atoms with Gasteiger partial charge in [-0.05, 0) is 36.8 Å². The molecule has 0 aromatic heterocycles. The lowest BCUT2D eigenvalue weighted by atomic mass is 10.1. The van der Waals surface area contributed by atoms with Gasteiger partial charge in [-0.2, -0.15) is 0 Å². The average molecular weight is 384 g/mol. The fourth-order valence-electron chi connectivity index (χ4n) is 3.37. The molecule has 0 bridgehead atoms. The normalized spacial score (nSPS) is 18.7. The van der Waals surface area contributed by atoms with Crippen LogP contribution in [0.2, 0.25) is 0 Å². The molecule has 6 nitrogen and oxygen atoms in total. The highest BCUT2D eigenvalue weighted by atomic mass is 19.1. The zero-order valence-corrected chi connectivity index (χ0v) is 15.5. The van der Waals surface area contributed by atoms with Gasteiger partial charge in [0.2, 0.25) is 11.8 Å². The summed E-state index contributed by atoms with van der Waals surface area (Å²) in [5, 5.41) is 2.84. The molecule has 0 saturated carbocycles. The molecule has 28 heavy (non-hydrogen) atoms. The van der Waals surface area contributed by atoms with Crippen LogP contribution in [0.15, 0.2) is 36.4 Å². The lowest BCUT2D eigenvalue weighted by Gasteiger charge is -2.17. The predicted molar refractivity (Wildman–Crippen MR) is 102 cm³/mol. The molecule has 0 spiro atoms. The molecular weight excluding hydrogens is 363 g/mol. The molecule has 0 unspecified atom stereocenters. The Kier molecular flexibility index (Phi) is 4.90. The minimum atomic E-state index is -0.507. The van der Waals surface area contributed by atoms with Crippen LogP contribution >= 0.6 is 0 Å². The number of ether oxygens (including phenoxy) is 2. The molecule has 0 radical (unpaired) electrons. The van der Waals surface area contributed by atoms with Gasteiger partial charge in [0.1, 0.15) is 5.82 Å². The minimum absolute atomic E-state index is 0.0892. The van der Waals surface area contributed by atoms with Crippen molar-refractivity contribution in [3.05, 3.63) is 47.8 Å². The van der Waals surface area contributed by atoms with E-state index in [2.05, 4.69) is 5.32 Å². The molecular formula is C21H21FN2O4. The Hall–Kier alpha value is -3.09. The second-order valence-corrected chi connectivity index (χ2v) is 7.04. The van der Waals surface area contributed by atoms with E-state index >= 15 is 0 Å². The molecule has 1 N–H and O–H groups in total. The Morgan fingerprint density at radius 2 is 1.93 bits per heavy atom. The van der Waals surface area contributed by atoms with E-state index in [1.165, 1.54) is 11.0 Å². The number of hydrogen-bond acceptors (Lipinski definition) is 4. The number of fused-ring (bicyclic) bond motifs is 1. The minimum Gasteiger partial charge on any atom is -0.490 e. The van der Waals surface area contributed by atoms with E-state index in [1.54, 1.807) is 37.3 Å². The van der Waals surface area contributed by atoms with Crippen LogP contribution in [0.25, 0.3) is 0 Å². The second-order valence-electron chi connectivity index (χ2n) is 7.04. The number of rotatable bonds is 3. The highest BCUT2D eigenvalue weighted by Crippen LogP contribution is 2.33. The van der Waals surface area contributed by atoms with Gasteiger partial charge < -0.3 is 19.7 Å². The average Bonchev–Trinajstić information content (AvgIpc) is 2.92. The van der Waals surface area contributed by atoms with E-state index in [4.69, 9.17) is 9.47 Å². The monoisotopic (exact) mass is 384 g/mol. The molecule has 1 fully saturated rings. The molecule has 2 aromatic rings. The number of halogens is 1. The molecule has 2 amide bonds. The van der Waals surface area contributed by atoms with Crippen molar-refractivity contribution in [1.82, 2.24) is 0 Å². The summed E-state index contributed by atoms with van der Waals surface area (Å²) >= 11 is 0. The van der Waals surface area contributed by atoms with Gasteiger partial charge in [0.05, 0.1) is 19.1 Å². The van der Waals surface area contributed by atoms with E-state index in [0.29, 0.717) is 41.7 Å². The Bertz CT molecular complexity index is 931. The highest BCUT2D eigenvalue weighted by Gasteiger charge is 2.35. The van der Waals surface area contributed by atoms with Crippen LogP contribution in [0.5, 0.6) is 11.5 Å². The molecule has 146 valence electrons. The summed E-state index contributed by atoms with van der Waals surface area (Å²) in [6, 6.07) is 9.88. The Labute approximate surface area is 162 Å². The molecule has 2 heterocycles. The zero-order chi connectivity index (χ0) is 19.7. The number of carbonyl (C=O) groups is 2. The molecule has 2 aromatic carbocycles. The third kappa shape index (κ3) is 3.65. The molecule has 2 aliphatic rings. The maximum atomic E-state index is 13.8. The van der Waals surface area contributed by atoms with E-state index < -0.39 is 5.92 Å². The van der Waals surface area contributed by atoms with E-state index in [-0.39, 0.29) is 30.6 Å². The predicted octanol–water partition coefficient (Wildman–Crippen LogP) is 3.29. The van der Waals surface area contributed by atoms with Crippen molar-refractivity contribution in [2.24, 2.45) is 5.92 Å². The van der Waals surface area contributed by atoms with E-state index in [1.807, 2.05) is 0 Å². The van der Waals surface area contributed by atoms with Gasteiger partial charge in [0.15, 0.2) is 11.5 Å². The largest absolute Gasteiger partial charge is 0.490 e. The molecule has 1 atom stereocenters. The topological polar surface area (TPSA) is 67.9 Å². The summed E-state index contributed by atoms with van der Waals surface area (Å²) in [6.07, 6.45) is 0.891. The Morgan fingerprint density at radius 1 is 1.14 bits per heavy atom. The summed E-state index contributed by atoms with van der Waals surface area (Å²) in [5.74, 6) is -0.0769. The first kappa shape index (κ1) is 18.3. The lowest BCUT2D eigenvalue weighted by molar-refractivity contribution is -0.122. The summed E-state index contributed by atoms with van der Waals surface area (Å²) < 4.78 is 25.0. The molecule has 1 saturated heterocycles. The zero-order valence-electron chi connectivity index (χ0n) is 15.5. The van der Waals surface area contributed by atoms with Gasteiger partial charge in [-0.3, -0.25) is 9.59 Å². The number of benzene rings is 2. The fraction of sp³-hybridized carbons (Fsp3) is 0.333. The van der Waals surface area contributed by atoms with Crippen molar-refractivity contribution in [2.75, 3.05) is 30.0 Å². The van der Waals surface area contributed by atoms with Crippen molar-refractivity contribution in [3.63, 3.8) is 0 Å². The van der Waals surface area contributed by atoms with Crippen LogP contribution in [0.3, 0.4) is 0 Å². The third-order valence-electron chi connectivity index (χ3n) is 4.98. The number of nitrogens with zero attached hydrogens (tertiary/aromatic N) is 1. The van der Waals surface area contributed by atoms with Crippen LogP contribution in [0.1, 0.15) is 18.4 Å². The van der Waals surface area contributed by atoms with Crippen molar-refractivity contribution in [1.29, 1.82) is 0 Å². The van der Waals surface area contributed by atoms with Crippen LogP contribution < -0.4 is 19.7 Å². The van der Waals surface area contributed by atoms with Crippen molar-refractivity contribution < 1.29 is 23.5 Å². The van der Waals surface area contributed by atoms with Crippen LogP contribution in [0.4, 0.5) is 15.8 Å². The summed E-state index contributed by atoms with van der Waals surface area (Å²) in [5.41, 5.74) is 1.57. The number of nitrogens with one attached hydrogen (secondary N) is 1. The van der Waals surface area contributed by atoms with Crippen molar-refractivity contribution in [3.8, 4) is 11.5 Å². The van der Waals surface area contributed by atoms with Gasteiger partial charge in [0.25, 0.3) is 0 Å². The first-order chi connectivity index (χ1) is 13.5. The Balaban J connectivity index is 1.45. The standard InChI is InChI=1S/C21H21FN2O4/c1-13-3-5-16(11-17(13)22)24-12-14(9-20(24)25)21(26)23-15-4-6-18-19(10-15)28-8-2-7-27-18/h3-6,10-11,14H,2,7-9,12H2,1H3,(H,23,26)/t14-/m0/s1. The van der Waals surface area contributed by atoms with Crippen molar-refractivity contribution in [2.45, 2.75) is 19.8 Å². The molecule has 0 aliphatic carbocycles. The number of aryl methyl sites for hydroxylation is 1. The van der Waals surface area contributed by atoms with Gasteiger partial charge in [-0.1, -0.05) is 6.07 Å². The van der Waals surface area contributed by atoms with Crippen molar-refractivity contribution >= 4 is 23.2 Å². The maximum absolute atomic E-state index is 13.8. The van der Waals surface area contributed by atoms with Crippen LogP contribution in [-0.2, 0) is 9.59 Å². The number of anilines is 2. The van der Waals surface area contributed by atoms with Crippen LogP contribution in [-0.4, -0.2) is 31.6 Å². The Morgan fingerprint density at radius 3 is 2.71 bits per heavy atom. The molecule has 2 aliphatic heterocycles.